The quantitative estimate of drug-likeness (QED) is 0.130. The second-order valence-electron chi connectivity index (χ2n) is 11.4. The normalized spacial score (nSPS) is 11.1. The van der Waals surface area contributed by atoms with Crippen molar-refractivity contribution in [2.24, 2.45) is 0 Å². The van der Waals surface area contributed by atoms with E-state index in [1.807, 2.05) is 6.07 Å². The molecular weight excluding hydrogens is 464 g/mol. The van der Waals surface area contributed by atoms with E-state index in [2.05, 4.69) is 94.6 Å². The van der Waals surface area contributed by atoms with Gasteiger partial charge in [0.2, 0.25) is 0 Å². The highest BCUT2D eigenvalue weighted by molar-refractivity contribution is 7.80. The van der Waals surface area contributed by atoms with Crippen LogP contribution in [0.15, 0.2) is 67.2 Å². The molecule has 0 saturated heterocycles. The standard InChI is InChI=1S/C18H38S.C18H20/c1-2-3-4-5-6-7-8-9-10-11-12-13-14-15-16-17-18-19;1-15(16-10-6-4-7-11-16)14-18(2,3)17-12-8-5-9-13-17/h19H,2-18H2,1H3;4-13H,1,14H2,2-3H3. The van der Waals surface area contributed by atoms with E-state index in [-0.39, 0.29) is 5.41 Å². The van der Waals surface area contributed by atoms with Gasteiger partial charge in [-0.3, -0.25) is 0 Å². The van der Waals surface area contributed by atoms with Crippen LogP contribution in [-0.4, -0.2) is 5.75 Å². The first-order valence-corrected chi connectivity index (χ1v) is 16.0. The second kappa shape index (κ2) is 22.5. The summed E-state index contributed by atoms with van der Waals surface area (Å²) < 4.78 is 0. The summed E-state index contributed by atoms with van der Waals surface area (Å²) in [5, 5.41) is 0. The Morgan fingerprint density at radius 3 is 1.38 bits per heavy atom. The zero-order valence-corrected chi connectivity index (χ0v) is 25.6. The van der Waals surface area contributed by atoms with Crippen molar-refractivity contribution in [3.8, 4) is 0 Å². The van der Waals surface area contributed by atoms with Crippen LogP contribution in [0.3, 0.4) is 0 Å². The Hall–Kier alpha value is -1.47. The van der Waals surface area contributed by atoms with Crippen LogP contribution in [0.25, 0.3) is 5.57 Å². The largest absolute Gasteiger partial charge is 0.179 e. The summed E-state index contributed by atoms with van der Waals surface area (Å²) in [5.41, 5.74) is 3.92. The molecule has 0 N–H and O–H groups in total. The van der Waals surface area contributed by atoms with Crippen LogP contribution < -0.4 is 0 Å². The Kier molecular flexibility index (Phi) is 20.4. The number of allylic oxidation sites excluding steroid dienone is 1. The summed E-state index contributed by atoms with van der Waals surface area (Å²) >= 11 is 4.24. The zero-order chi connectivity index (χ0) is 27.0. The molecule has 208 valence electrons. The Balaban J connectivity index is 0.000000370. The fourth-order valence-corrected chi connectivity index (χ4v) is 5.18. The van der Waals surface area contributed by atoms with E-state index in [0.717, 1.165) is 12.2 Å². The third-order valence-electron chi connectivity index (χ3n) is 7.40. The van der Waals surface area contributed by atoms with E-state index in [0.29, 0.717) is 0 Å². The Morgan fingerprint density at radius 1 is 0.595 bits per heavy atom. The molecule has 0 fully saturated rings. The summed E-state index contributed by atoms with van der Waals surface area (Å²) in [7, 11) is 0. The second-order valence-corrected chi connectivity index (χ2v) is 11.9. The lowest BCUT2D eigenvalue weighted by molar-refractivity contribution is 0.532. The van der Waals surface area contributed by atoms with Gasteiger partial charge in [-0.1, -0.05) is 184 Å². The zero-order valence-electron chi connectivity index (χ0n) is 24.7. The lowest BCUT2D eigenvalue weighted by Crippen LogP contribution is -2.17. The van der Waals surface area contributed by atoms with Gasteiger partial charge in [-0.05, 0) is 40.7 Å². The highest BCUT2D eigenvalue weighted by Gasteiger charge is 2.21. The van der Waals surface area contributed by atoms with Crippen LogP contribution in [0.5, 0.6) is 0 Å². The van der Waals surface area contributed by atoms with Gasteiger partial charge in [0.05, 0.1) is 0 Å². The van der Waals surface area contributed by atoms with Crippen LogP contribution in [0.2, 0.25) is 0 Å². The minimum atomic E-state index is 0.119. The van der Waals surface area contributed by atoms with Gasteiger partial charge in [-0.25, -0.2) is 0 Å². The maximum absolute atomic E-state index is 4.24. The molecule has 0 aliphatic carbocycles. The van der Waals surface area contributed by atoms with Gasteiger partial charge in [0.1, 0.15) is 0 Å². The third kappa shape index (κ3) is 17.6. The smallest absolute Gasteiger partial charge is 0.00632 e. The topological polar surface area (TPSA) is 0 Å². The molecule has 0 saturated carbocycles. The van der Waals surface area contributed by atoms with Gasteiger partial charge < -0.3 is 0 Å². The fraction of sp³-hybridized carbons (Fsp3) is 0.611. The maximum Gasteiger partial charge on any atom is -0.00632 e. The number of unbranched alkanes of at least 4 members (excludes halogenated alkanes) is 15. The molecule has 0 nitrogen and oxygen atoms in total. The number of thiol groups is 1. The van der Waals surface area contributed by atoms with Gasteiger partial charge in [0.15, 0.2) is 0 Å². The van der Waals surface area contributed by atoms with Gasteiger partial charge in [0.25, 0.3) is 0 Å². The van der Waals surface area contributed by atoms with Crippen LogP contribution in [0.4, 0.5) is 0 Å². The molecule has 0 amide bonds. The first-order valence-electron chi connectivity index (χ1n) is 15.4. The molecule has 0 spiro atoms. The Bertz CT molecular complexity index is 746. The molecule has 0 atom stereocenters. The molecule has 2 aromatic carbocycles. The van der Waals surface area contributed by atoms with E-state index < -0.39 is 0 Å². The Labute approximate surface area is 237 Å². The minimum Gasteiger partial charge on any atom is -0.179 e. The first kappa shape index (κ1) is 33.6. The van der Waals surface area contributed by atoms with Crippen LogP contribution in [-0.2, 0) is 5.41 Å². The molecular formula is C36H58S. The molecule has 0 aromatic heterocycles. The number of rotatable bonds is 20. The van der Waals surface area contributed by atoms with Crippen molar-refractivity contribution in [3.63, 3.8) is 0 Å². The minimum absolute atomic E-state index is 0.119. The molecule has 37 heavy (non-hydrogen) atoms. The summed E-state index contributed by atoms with van der Waals surface area (Å²) in [6, 6.07) is 21.1. The van der Waals surface area contributed by atoms with Gasteiger partial charge >= 0.3 is 0 Å². The molecule has 0 heterocycles. The molecule has 0 unspecified atom stereocenters. The van der Waals surface area contributed by atoms with Gasteiger partial charge in [0, 0.05) is 0 Å². The van der Waals surface area contributed by atoms with Crippen molar-refractivity contribution >= 4 is 18.2 Å². The summed E-state index contributed by atoms with van der Waals surface area (Å²) in [6.45, 7) is 11.1. The third-order valence-corrected chi connectivity index (χ3v) is 7.72. The molecule has 0 aliphatic rings. The van der Waals surface area contributed by atoms with Crippen molar-refractivity contribution in [1.29, 1.82) is 0 Å². The van der Waals surface area contributed by atoms with Crippen LogP contribution >= 0.6 is 12.6 Å². The number of hydrogen-bond donors (Lipinski definition) is 1. The predicted molar refractivity (Wildman–Crippen MR) is 173 cm³/mol. The fourth-order valence-electron chi connectivity index (χ4n) is 4.96. The summed E-state index contributed by atoms with van der Waals surface area (Å²) in [5.74, 6) is 1.07. The molecule has 2 rings (SSSR count). The van der Waals surface area contributed by atoms with Crippen molar-refractivity contribution in [2.75, 3.05) is 5.75 Å². The number of hydrogen-bond acceptors (Lipinski definition) is 1. The van der Waals surface area contributed by atoms with Crippen LogP contribution in [0.1, 0.15) is 141 Å². The van der Waals surface area contributed by atoms with Crippen molar-refractivity contribution < 1.29 is 0 Å². The van der Waals surface area contributed by atoms with E-state index in [4.69, 9.17) is 0 Å². The van der Waals surface area contributed by atoms with Crippen LogP contribution in [0, 0.1) is 0 Å². The van der Waals surface area contributed by atoms with E-state index >= 15 is 0 Å². The molecule has 0 aliphatic heterocycles. The Morgan fingerprint density at radius 2 is 0.973 bits per heavy atom. The average molecular weight is 523 g/mol. The lowest BCUT2D eigenvalue weighted by atomic mass is 9.78. The van der Waals surface area contributed by atoms with Crippen molar-refractivity contribution in [3.05, 3.63) is 78.4 Å². The van der Waals surface area contributed by atoms with E-state index in [9.17, 15) is 0 Å². The summed E-state index contributed by atoms with van der Waals surface area (Å²) in [4.78, 5) is 0. The SMILES string of the molecule is C=C(CC(C)(C)c1ccccc1)c1ccccc1.CCCCCCCCCCCCCCCCCCS. The summed E-state index contributed by atoms with van der Waals surface area (Å²) in [6.07, 6.45) is 24.1. The van der Waals surface area contributed by atoms with Gasteiger partial charge in [-0.15, -0.1) is 0 Å². The lowest BCUT2D eigenvalue weighted by Gasteiger charge is -2.26. The first-order chi connectivity index (χ1) is 18.0. The molecule has 0 radical (unpaired) electrons. The van der Waals surface area contributed by atoms with E-state index in [1.165, 1.54) is 119 Å². The average Bonchev–Trinajstić information content (AvgIpc) is 2.92. The van der Waals surface area contributed by atoms with Crippen molar-refractivity contribution in [2.45, 2.75) is 135 Å². The number of benzene rings is 2. The molecule has 2 aromatic rings. The monoisotopic (exact) mass is 522 g/mol. The molecule has 1 heteroatoms. The molecule has 0 bridgehead atoms. The van der Waals surface area contributed by atoms with E-state index in [1.54, 1.807) is 0 Å². The van der Waals surface area contributed by atoms with Crippen molar-refractivity contribution in [1.82, 2.24) is 0 Å². The van der Waals surface area contributed by atoms with Gasteiger partial charge in [-0.2, -0.15) is 12.6 Å². The highest BCUT2D eigenvalue weighted by atomic mass is 32.1. The predicted octanol–water partition coefficient (Wildman–Crippen LogP) is 12.2. The highest BCUT2D eigenvalue weighted by Crippen LogP contribution is 2.33. The maximum atomic E-state index is 4.24.